The Morgan fingerprint density at radius 3 is 2.12 bits per heavy atom. The van der Waals surface area contributed by atoms with Crippen LogP contribution in [-0.4, -0.2) is 23.4 Å². The standard InChI is InChI=1S/C20H25BO4/c1-14-12-16(21-24-19(2,3)20(4,5)25-21)8-11-18(14)23-13-15-6-9-17(22)10-7-15/h6-12,22H,13H2,1-5H3. The van der Waals surface area contributed by atoms with Crippen LogP contribution in [0.2, 0.25) is 0 Å². The first kappa shape index (κ1) is 17.8. The summed E-state index contributed by atoms with van der Waals surface area (Å²) < 4.78 is 18.1. The fourth-order valence-electron chi connectivity index (χ4n) is 2.71. The van der Waals surface area contributed by atoms with Gasteiger partial charge in [-0.25, -0.2) is 0 Å². The van der Waals surface area contributed by atoms with Crippen molar-refractivity contribution in [2.45, 2.75) is 52.4 Å². The van der Waals surface area contributed by atoms with Crippen LogP contribution in [0.15, 0.2) is 42.5 Å². The van der Waals surface area contributed by atoms with E-state index in [0.717, 1.165) is 22.3 Å². The Labute approximate surface area is 149 Å². The van der Waals surface area contributed by atoms with Gasteiger partial charge in [0.25, 0.3) is 0 Å². The average molecular weight is 340 g/mol. The molecule has 0 saturated carbocycles. The second-order valence-corrected chi connectivity index (χ2v) is 7.57. The quantitative estimate of drug-likeness (QED) is 0.865. The molecular weight excluding hydrogens is 315 g/mol. The first-order valence-corrected chi connectivity index (χ1v) is 8.55. The highest BCUT2D eigenvalue weighted by Gasteiger charge is 2.51. The summed E-state index contributed by atoms with van der Waals surface area (Å²) in [7, 11) is -0.366. The molecule has 25 heavy (non-hydrogen) atoms. The Hall–Kier alpha value is -1.98. The van der Waals surface area contributed by atoms with Crippen LogP contribution >= 0.6 is 0 Å². The number of hydrogen-bond donors (Lipinski definition) is 1. The lowest BCUT2D eigenvalue weighted by Crippen LogP contribution is -2.41. The Kier molecular flexibility index (Phi) is 4.56. The summed E-state index contributed by atoms with van der Waals surface area (Å²) in [6.45, 7) is 10.7. The number of aromatic hydroxyl groups is 1. The van der Waals surface area contributed by atoms with Gasteiger partial charge in [0.2, 0.25) is 0 Å². The molecule has 2 aromatic rings. The van der Waals surface area contributed by atoms with Crippen molar-refractivity contribution in [2.75, 3.05) is 0 Å². The van der Waals surface area contributed by atoms with Crippen LogP contribution in [0.25, 0.3) is 0 Å². The number of benzene rings is 2. The van der Waals surface area contributed by atoms with E-state index in [1.807, 2.05) is 37.3 Å². The summed E-state index contributed by atoms with van der Waals surface area (Å²) in [6.07, 6.45) is 0. The summed E-state index contributed by atoms with van der Waals surface area (Å²) in [5.41, 5.74) is 2.34. The molecule has 0 spiro atoms. The van der Waals surface area contributed by atoms with Crippen molar-refractivity contribution in [1.29, 1.82) is 0 Å². The minimum absolute atomic E-state index is 0.256. The zero-order valence-corrected chi connectivity index (χ0v) is 15.5. The molecule has 0 radical (unpaired) electrons. The van der Waals surface area contributed by atoms with Crippen LogP contribution in [0.4, 0.5) is 0 Å². The Morgan fingerprint density at radius 1 is 0.960 bits per heavy atom. The van der Waals surface area contributed by atoms with Crippen molar-refractivity contribution in [1.82, 2.24) is 0 Å². The number of rotatable bonds is 4. The lowest BCUT2D eigenvalue weighted by atomic mass is 9.78. The van der Waals surface area contributed by atoms with E-state index in [1.165, 1.54) is 0 Å². The Balaban J connectivity index is 1.70. The molecule has 1 aliphatic heterocycles. The minimum atomic E-state index is -0.366. The van der Waals surface area contributed by atoms with Gasteiger partial charge in [-0.1, -0.05) is 24.3 Å². The van der Waals surface area contributed by atoms with Crippen molar-refractivity contribution in [3.63, 3.8) is 0 Å². The zero-order chi connectivity index (χ0) is 18.2. The number of phenols is 1. The predicted octanol–water partition coefficient (Wildman–Crippen LogP) is 3.58. The van der Waals surface area contributed by atoms with E-state index in [0.29, 0.717) is 6.61 Å². The lowest BCUT2D eigenvalue weighted by molar-refractivity contribution is 0.00578. The molecule has 0 atom stereocenters. The van der Waals surface area contributed by atoms with Crippen molar-refractivity contribution in [3.8, 4) is 11.5 Å². The molecule has 1 heterocycles. The van der Waals surface area contributed by atoms with Gasteiger partial charge in [-0.2, -0.15) is 0 Å². The van der Waals surface area contributed by atoms with E-state index in [1.54, 1.807) is 12.1 Å². The molecule has 4 nitrogen and oxygen atoms in total. The second-order valence-electron chi connectivity index (χ2n) is 7.57. The number of aryl methyl sites for hydroxylation is 1. The van der Waals surface area contributed by atoms with Crippen LogP contribution in [0.3, 0.4) is 0 Å². The topological polar surface area (TPSA) is 47.9 Å². The van der Waals surface area contributed by atoms with Crippen molar-refractivity contribution in [2.24, 2.45) is 0 Å². The molecule has 1 fully saturated rings. The third-order valence-electron chi connectivity index (χ3n) is 5.06. The molecule has 3 rings (SSSR count). The van der Waals surface area contributed by atoms with Crippen molar-refractivity contribution in [3.05, 3.63) is 53.6 Å². The van der Waals surface area contributed by atoms with E-state index in [4.69, 9.17) is 14.0 Å². The highest BCUT2D eigenvalue weighted by molar-refractivity contribution is 6.62. The van der Waals surface area contributed by atoms with E-state index >= 15 is 0 Å². The molecule has 0 unspecified atom stereocenters. The van der Waals surface area contributed by atoms with Crippen LogP contribution in [0.1, 0.15) is 38.8 Å². The summed E-state index contributed by atoms with van der Waals surface area (Å²) in [5.74, 6) is 1.08. The van der Waals surface area contributed by atoms with Crippen LogP contribution in [-0.2, 0) is 15.9 Å². The molecule has 1 aliphatic rings. The Morgan fingerprint density at radius 2 is 1.56 bits per heavy atom. The molecule has 0 bridgehead atoms. The lowest BCUT2D eigenvalue weighted by Gasteiger charge is -2.32. The highest BCUT2D eigenvalue weighted by atomic mass is 16.7. The van der Waals surface area contributed by atoms with Gasteiger partial charge < -0.3 is 19.2 Å². The molecule has 2 aromatic carbocycles. The normalized spacial score (nSPS) is 18.4. The maximum atomic E-state index is 9.33. The van der Waals surface area contributed by atoms with Crippen molar-refractivity contribution >= 4 is 12.6 Å². The van der Waals surface area contributed by atoms with Gasteiger partial charge in [-0.3, -0.25) is 0 Å². The van der Waals surface area contributed by atoms with Gasteiger partial charge >= 0.3 is 7.12 Å². The maximum absolute atomic E-state index is 9.33. The molecule has 1 saturated heterocycles. The SMILES string of the molecule is Cc1cc(B2OC(C)(C)C(C)(C)O2)ccc1OCc1ccc(O)cc1. The summed E-state index contributed by atoms with van der Waals surface area (Å²) in [4.78, 5) is 0. The van der Waals surface area contributed by atoms with E-state index in [2.05, 4.69) is 27.7 Å². The fraction of sp³-hybridized carbons (Fsp3) is 0.400. The first-order chi connectivity index (χ1) is 11.7. The van der Waals surface area contributed by atoms with Gasteiger partial charge in [-0.15, -0.1) is 0 Å². The summed E-state index contributed by atoms with van der Waals surface area (Å²) >= 11 is 0. The molecule has 0 aliphatic carbocycles. The van der Waals surface area contributed by atoms with Gasteiger partial charge in [0.15, 0.2) is 0 Å². The molecule has 5 heteroatoms. The zero-order valence-electron chi connectivity index (χ0n) is 15.5. The molecule has 0 aromatic heterocycles. The average Bonchev–Trinajstić information content (AvgIpc) is 2.76. The van der Waals surface area contributed by atoms with Gasteiger partial charge in [0.05, 0.1) is 11.2 Å². The monoisotopic (exact) mass is 340 g/mol. The summed E-state index contributed by atoms with van der Waals surface area (Å²) in [5, 5.41) is 9.33. The first-order valence-electron chi connectivity index (χ1n) is 8.55. The fourth-order valence-corrected chi connectivity index (χ4v) is 2.71. The van der Waals surface area contributed by atoms with Gasteiger partial charge in [0, 0.05) is 0 Å². The van der Waals surface area contributed by atoms with Crippen LogP contribution in [0.5, 0.6) is 11.5 Å². The largest absolute Gasteiger partial charge is 0.508 e. The number of ether oxygens (including phenoxy) is 1. The second kappa shape index (κ2) is 6.39. The number of phenolic OH excluding ortho intramolecular Hbond substituents is 1. The van der Waals surface area contributed by atoms with Crippen molar-refractivity contribution < 1.29 is 19.2 Å². The van der Waals surface area contributed by atoms with Gasteiger partial charge in [0.1, 0.15) is 18.1 Å². The predicted molar refractivity (Wildman–Crippen MR) is 99.3 cm³/mol. The molecule has 0 amide bonds. The molecule has 132 valence electrons. The molecule has 1 N–H and O–H groups in total. The van der Waals surface area contributed by atoms with E-state index in [-0.39, 0.29) is 24.1 Å². The molecular formula is C20H25BO4. The maximum Gasteiger partial charge on any atom is 0.494 e. The smallest absolute Gasteiger partial charge is 0.494 e. The third-order valence-corrected chi connectivity index (χ3v) is 5.06. The van der Waals surface area contributed by atoms with E-state index in [9.17, 15) is 5.11 Å². The highest BCUT2D eigenvalue weighted by Crippen LogP contribution is 2.36. The minimum Gasteiger partial charge on any atom is -0.508 e. The van der Waals surface area contributed by atoms with Crippen LogP contribution < -0.4 is 10.2 Å². The third kappa shape index (κ3) is 3.67. The Bertz CT molecular complexity index is 737. The summed E-state index contributed by atoms with van der Waals surface area (Å²) in [6, 6.07) is 13.0. The van der Waals surface area contributed by atoms with Gasteiger partial charge in [-0.05, 0) is 69.4 Å². The number of hydrogen-bond acceptors (Lipinski definition) is 4. The van der Waals surface area contributed by atoms with Crippen LogP contribution in [0, 0.1) is 6.92 Å². The van der Waals surface area contributed by atoms with E-state index < -0.39 is 0 Å².